The van der Waals surface area contributed by atoms with Gasteiger partial charge in [-0.05, 0) is 57.0 Å². The lowest BCUT2D eigenvalue weighted by Crippen LogP contribution is -2.41. The summed E-state index contributed by atoms with van der Waals surface area (Å²) in [6, 6.07) is 10.8. The van der Waals surface area contributed by atoms with Crippen molar-refractivity contribution in [2.24, 2.45) is 0 Å². The van der Waals surface area contributed by atoms with Crippen molar-refractivity contribution in [2.45, 2.75) is 102 Å². The maximum absolute atomic E-state index is 9.81. The minimum absolute atomic E-state index is 0.0408. The molecule has 12 heteroatoms. The third-order valence-electron chi connectivity index (χ3n) is 7.93. The molecule has 0 saturated carbocycles. The standard InChI is InChI=1S/C38H46O12/c1-8-29-22-31(49-37(47-29)27-12-14-34(35(20-27)41-7)44-17-15-42-9-2)24-32-23-30(19-25(4)46-26(5)39)48-38(50-32)28-11-13-33(40-6)36(21-28)45-18-16-43-10-3/h9-14,20-21,25-26,29-32,37-39H,2-3,8,19,22-24H2,1,4-7H3. The molecular weight excluding hydrogens is 648 g/mol. The molecule has 8 atom stereocenters. The minimum atomic E-state index is -0.902. The molecule has 2 saturated heterocycles. The zero-order valence-electron chi connectivity index (χ0n) is 29.1. The van der Waals surface area contributed by atoms with E-state index in [-0.39, 0.29) is 30.5 Å². The van der Waals surface area contributed by atoms with Crippen molar-refractivity contribution < 1.29 is 57.2 Å². The van der Waals surface area contributed by atoms with Crippen molar-refractivity contribution in [1.82, 2.24) is 0 Å². The highest BCUT2D eigenvalue weighted by molar-refractivity contribution is 5.45. The molecule has 0 spiro atoms. The van der Waals surface area contributed by atoms with Gasteiger partial charge in [0.1, 0.15) is 0 Å². The zero-order chi connectivity index (χ0) is 35.9. The largest absolute Gasteiger partial charge is 0.493 e. The van der Waals surface area contributed by atoms with Gasteiger partial charge in [0.25, 0.3) is 0 Å². The fraction of sp³-hybridized carbons (Fsp3) is 0.474. The topological polar surface area (TPSA) is 122 Å². The molecular formula is C38H46O12. The van der Waals surface area contributed by atoms with Crippen LogP contribution < -0.4 is 18.9 Å². The summed E-state index contributed by atoms with van der Waals surface area (Å²) in [5.74, 6) is 1.73. The van der Waals surface area contributed by atoms with Crippen molar-refractivity contribution in [3.8, 4) is 47.4 Å². The number of hydrogen-bond acceptors (Lipinski definition) is 12. The third-order valence-corrected chi connectivity index (χ3v) is 7.93. The summed E-state index contributed by atoms with van der Waals surface area (Å²) in [6.45, 7) is 12.5. The van der Waals surface area contributed by atoms with Gasteiger partial charge in [0, 0.05) is 30.4 Å². The van der Waals surface area contributed by atoms with Crippen molar-refractivity contribution in [2.75, 3.05) is 14.2 Å². The third kappa shape index (κ3) is 11.3. The summed E-state index contributed by atoms with van der Waals surface area (Å²) in [4.78, 5) is 0. The normalized spacial score (nSPS) is 24.1. The molecule has 1 N–H and O–H groups in total. The molecule has 2 fully saturated rings. The van der Waals surface area contributed by atoms with E-state index in [1.165, 1.54) is 19.6 Å². The van der Waals surface area contributed by atoms with Crippen molar-refractivity contribution in [3.05, 3.63) is 73.2 Å². The van der Waals surface area contributed by atoms with Gasteiger partial charge in [-0.3, -0.25) is 0 Å². The second kappa shape index (κ2) is 19.7. The molecule has 2 aromatic rings. The molecule has 4 rings (SSSR count). The van der Waals surface area contributed by atoms with Gasteiger partial charge in [0.05, 0.1) is 57.3 Å². The summed E-state index contributed by atoms with van der Waals surface area (Å²) >= 11 is 0. The second-order valence-electron chi connectivity index (χ2n) is 11.6. The Labute approximate surface area is 294 Å². The van der Waals surface area contributed by atoms with Crippen LogP contribution in [0.3, 0.4) is 0 Å². The quantitative estimate of drug-likeness (QED) is 0.123. The Morgan fingerprint density at radius 3 is 1.82 bits per heavy atom. The molecule has 50 heavy (non-hydrogen) atoms. The number of benzene rings is 2. The Kier molecular flexibility index (Phi) is 15.1. The van der Waals surface area contributed by atoms with Crippen LogP contribution in [0.15, 0.2) is 62.1 Å². The Hall–Kier alpha value is -4.40. The van der Waals surface area contributed by atoms with Crippen LogP contribution in [0.1, 0.15) is 76.6 Å². The van der Waals surface area contributed by atoms with Gasteiger partial charge in [-0.2, -0.15) is 0 Å². The van der Waals surface area contributed by atoms with Crippen LogP contribution in [0, 0.1) is 24.4 Å². The fourth-order valence-electron chi connectivity index (χ4n) is 5.78. The van der Waals surface area contributed by atoms with Crippen LogP contribution in [-0.4, -0.2) is 56.1 Å². The fourth-order valence-corrected chi connectivity index (χ4v) is 5.78. The summed E-state index contributed by atoms with van der Waals surface area (Å²) in [5, 5.41) is 9.81. The molecule has 0 aliphatic carbocycles. The number of aliphatic hydroxyl groups is 1. The predicted molar refractivity (Wildman–Crippen MR) is 181 cm³/mol. The molecule has 8 unspecified atom stereocenters. The van der Waals surface area contributed by atoms with Crippen LogP contribution in [-0.2, 0) is 33.2 Å². The van der Waals surface area contributed by atoms with Crippen LogP contribution in [0.2, 0.25) is 0 Å². The van der Waals surface area contributed by atoms with E-state index in [0.717, 1.165) is 12.0 Å². The smallest absolute Gasteiger partial charge is 0.184 e. The molecule has 2 heterocycles. The van der Waals surface area contributed by atoms with Crippen LogP contribution in [0.4, 0.5) is 0 Å². The molecule has 0 amide bonds. The molecule has 0 aromatic heterocycles. The highest BCUT2D eigenvalue weighted by Gasteiger charge is 2.37. The van der Waals surface area contributed by atoms with Crippen LogP contribution in [0.25, 0.3) is 0 Å². The molecule has 12 nitrogen and oxygen atoms in total. The number of rotatable bonds is 15. The monoisotopic (exact) mass is 694 g/mol. The van der Waals surface area contributed by atoms with Gasteiger partial charge in [-0.15, -0.1) is 0 Å². The number of ether oxygens (including phenoxy) is 11. The summed E-state index contributed by atoms with van der Waals surface area (Å²) in [7, 11) is 3.09. The SMILES string of the molecule is C=COC#COc1ccc(C2OC(CC)CC(CC3CC(CC(C)OC(C)O)OC(c4ccc(OC)c(OC#COC=C)c4)O3)O2)cc1OC. The highest BCUT2D eigenvalue weighted by atomic mass is 16.7. The predicted octanol–water partition coefficient (Wildman–Crippen LogP) is 6.60. The highest BCUT2D eigenvalue weighted by Crippen LogP contribution is 2.41. The molecule has 2 aromatic carbocycles. The van der Waals surface area contributed by atoms with Gasteiger partial charge in [-0.1, -0.05) is 26.1 Å². The summed E-state index contributed by atoms with van der Waals surface area (Å²) < 4.78 is 63.3. The average Bonchev–Trinajstić information content (AvgIpc) is 3.11. The van der Waals surface area contributed by atoms with Crippen molar-refractivity contribution in [3.63, 3.8) is 0 Å². The molecule has 2 aliphatic rings. The second-order valence-corrected chi connectivity index (χ2v) is 11.6. The lowest BCUT2D eigenvalue weighted by atomic mass is 9.96. The first-order chi connectivity index (χ1) is 24.3. The Bertz CT molecular complexity index is 1520. The van der Waals surface area contributed by atoms with Gasteiger partial charge in [0.2, 0.25) is 0 Å². The zero-order valence-corrected chi connectivity index (χ0v) is 29.1. The first-order valence-electron chi connectivity index (χ1n) is 16.4. The first-order valence-corrected chi connectivity index (χ1v) is 16.4. The Morgan fingerprint density at radius 2 is 1.26 bits per heavy atom. The number of aliphatic hydroxyl groups excluding tert-OH is 1. The van der Waals surface area contributed by atoms with E-state index in [2.05, 4.69) is 44.5 Å². The summed E-state index contributed by atoms with van der Waals surface area (Å²) in [5.41, 5.74) is 1.48. The number of hydrogen-bond donors (Lipinski definition) is 1. The minimum Gasteiger partial charge on any atom is -0.493 e. The van der Waals surface area contributed by atoms with E-state index >= 15 is 0 Å². The van der Waals surface area contributed by atoms with Crippen LogP contribution >= 0.6 is 0 Å². The van der Waals surface area contributed by atoms with Gasteiger partial charge in [0.15, 0.2) is 66.3 Å². The molecule has 0 bridgehead atoms. The average molecular weight is 695 g/mol. The lowest BCUT2D eigenvalue weighted by molar-refractivity contribution is -0.280. The Morgan fingerprint density at radius 1 is 0.740 bits per heavy atom. The molecule has 0 radical (unpaired) electrons. The number of methoxy groups -OCH3 is 2. The maximum atomic E-state index is 9.81. The van der Waals surface area contributed by atoms with E-state index in [1.54, 1.807) is 32.2 Å². The van der Waals surface area contributed by atoms with Crippen LogP contribution in [0.5, 0.6) is 23.0 Å². The van der Waals surface area contributed by atoms with E-state index < -0.39 is 18.9 Å². The van der Waals surface area contributed by atoms with Gasteiger partial charge in [-0.25, -0.2) is 0 Å². The lowest BCUT2D eigenvalue weighted by Gasteiger charge is -2.41. The molecule has 2 aliphatic heterocycles. The van der Waals surface area contributed by atoms with E-state index in [4.69, 9.17) is 52.1 Å². The van der Waals surface area contributed by atoms with Gasteiger partial charge < -0.3 is 57.2 Å². The van der Waals surface area contributed by atoms with E-state index in [1.807, 2.05) is 25.1 Å². The van der Waals surface area contributed by atoms with Crippen molar-refractivity contribution >= 4 is 0 Å². The van der Waals surface area contributed by atoms with Gasteiger partial charge >= 0.3 is 0 Å². The molecule has 270 valence electrons. The van der Waals surface area contributed by atoms with E-state index in [9.17, 15) is 5.11 Å². The summed E-state index contributed by atoms with van der Waals surface area (Å²) in [6.07, 6.45) is 12.0. The Balaban J connectivity index is 1.54. The first kappa shape index (κ1) is 38.4. The van der Waals surface area contributed by atoms with E-state index in [0.29, 0.717) is 54.2 Å². The maximum Gasteiger partial charge on any atom is 0.184 e. The van der Waals surface area contributed by atoms with Crippen molar-refractivity contribution in [1.29, 1.82) is 0 Å².